The summed E-state index contributed by atoms with van der Waals surface area (Å²) in [6.07, 6.45) is 1.56. The molecule has 0 radical (unpaired) electrons. The average Bonchev–Trinajstić information content (AvgIpc) is 2.15. The molecule has 1 amide bonds. The number of amides is 1. The van der Waals surface area contributed by atoms with Gasteiger partial charge in [0.25, 0.3) is 9.70 Å². The predicted molar refractivity (Wildman–Crippen MR) is 59.2 cm³/mol. The van der Waals surface area contributed by atoms with Crippen LogP contribution in [0.25, 0.3) is 0 Å². The highest BCUT2D eigenvalue weighted by atomic mass is 35.6. The molecule has 0 aliphatic heterocycles. The number of carbonyl (C=O) groups is 2. The van der Waals surface area contributed by atoms with Gasteiger partial charge in [0, 0.05) is 13.0 Å². The fourth-order valence-electron chi connectivity index (χ4n) is 0.799. The van der Waals surface area contributed by atoms with Gasteiger partial charge in [-0.2, -0.15) is 0 Å². The molecule has 1 N–H and O–H groups in total. The van der Waals surface area contributed by atoms with Gasteiger partial charge in [0.15, 0.2) is 0 Å². The second-order valence-corrected chi connectivity index (χ2v) is 5.07. The van der Waals surface area contributed by atoms with Crippen LogP contribution in [-0.2, 0) is 14.3 Å². The maximum Gasteiger partial charge on any atom is 0.305 e. The normalized spacial score (nSPS) is 10.9. The Morgan fingerprint density at radius 2 is 1.87 bits per heavy atom. The number of unbranched alkanes of at least 4 members (excludes halogenated alkanes) is 1. The Bertz CT molecular complexity index is 228. The molecule has 0 heterocycles. The van der Waals surface area contributed by atoms with Crippen molar-refractivity contribution in [3.05, 3.63) is 0 Å². The highest BCUT2D eigenvalue weighted by molar-refractivity contribution is 6.76. The molecule has 0 saturated carbocycles. The molecule has 88 valence electrons. The first-order chi connectivity index (χ1) is 6.88. The quantitative estimate of drug-likeness (QED) is 0.473. The van der Waals surface area contributed by atoms with Crippen molar-refractivity contribution >= 4 is 46.7 Å². The second-order valence-electron chi connectivity index (χ2n) is 2.79. The lowest BCUT2D eigenvalue weighted by molar-refractivity contribution is -0.140. The lowest BCUT2D eigenvalue weighted by atomic mass is 10.2. The van der Waals surface area contributed by atoms with Gasteiger partial charge in [-0.1, -0.05) is 34.8 Å². The van der Waals surface area contributed by atoms with Crippen LogP contribution in [0, 0.1) is 0 Å². The predicted octanol–water partition coefficient (Wildman–Crippen LogP) is 1.82. The van der Waals surface area contributed by atoms with Gasteiger partial charge in [-0.3, -0.25) is 9.59 Å². The first kappa shape index (κ1) is 14.8. The van der Waals surface area contributed by atoms with E-state index in [0.717, 1.165) is 0 Å². The summed E-state index contributed by atoms with van der Waals surface area (Å²) < 4.78 is 2.51. The molecule has 0 aromatic heterocycles. The Balaban J connectivity index is 3.48. The number of ether oxygens (including phenoxy) is 1. The minimum absolute atomic E-state index is 0.275. The molecule has 0 saturated heterocycles. The highest BCUT2D eigenvalue weighted by Crippen LogP contribution is 2.25. The highest BCUT2D eigenvalue weighted by Gasteiger charge is 2.29. The zero-order valence-corrected chi connectivity index (χ0v) is 10.5. The van der Waals surface area contributed by atoms with Crippen LogP contribution in [0.1, 0.15) is 19.3 Å². The Morgan fingerprint density at radius 1 is 1.27 bits per heavy atom. The number of nitrogens with one attached hydrogen (secondary N) is 1. The monoisotopic (exact) mass is 275 g/mol. The average molecular weight is 277 g/mol. The van der Waals surface area contributed by atoms with Crippen molar-refractivity contribution in [3.63, 3.8) is 0 Å². The number of carbonyl (C=O) groups excluding carboxylic acids is 2. The smallest absolute Gasteiger partial charge is 0.305 e. The van der Waals surface area contributed by atoms with Gasteiger partial charge < -0.3 is 10.1 Å². The van der Waals surface area contributed by atoms with Gasteiger partial charge in [-0.25, -0.2) is 0 Å². The third-order valence-corrected chi connectivity index (χ3v) is 2.09. The van der Waals surface area contributed by atoms with Crippen LogP contribution >= 0.6 is 34.8 Å². The minimum Gasteiger partial charge on any atom is -0.469 e. The molecular formula is C8H12Cl3NO3. The topological polar surface area (TPSA) is 55.4 Å². The Hall–Kier alpha value is -0.190. The van der Waals surface area contributed by atoms with Crippen molar-refractivity contribution in [1.82, 2.24) is 5.32 Å². The molecule has 0 unspecified atom stereocenters. The summed E-state index contributed by atoms with van der Waals surface area (Å²) in [5, 5.41) is 2.43. The molecule has 0 spiro atoms. The standard InChI is InChI=1S/C8H12Cl3NO3/c1-15-6(13)4-2-3-5-12-7(14)8(9,10)11/h2-5H2,1H3,(H,12,14). The van der Waals surface area contributed by atoms with E-state index in [1.54, 1.807) is 0 Å². The van der Waals surface area contributed by atoms with Crippen molar-refractivity contribution in [3.8, 4) is 0 Å². The third kappa shape index (κ3) is 7.71. The van der Waals surface area contributed by atoms with E-state index in [1.165, 1.54) is 7.11 Å². The van der Waals surface area contributed by atoms with Gasteiger partial charge in [0.05, 0.1) is 7.11 Å². The molecule has 0 atom stereocenters. The number of alkyl halides is 3. The van der Waals surface area contributed by atoms with Crippen molar-refractivity contribution in [2.45, 2.75) is 23.1 Å². The van der Waals surface area contributed by atoms with Gasteiger partial charge in [-0.15, -0.1) is 0 Å². The van der Waals surface area contributed by atoms with E-state index in [4.69, 9.17) is 34.8 Å². The summed E-state index contributed by atoms with van der Waals surface area (Å²) in [6, 6.07) is 0. The van der Waals surface area contributed by atoms with Crippen molar-refractivity contribution in [2.75, 3.05) is 13.7 Å². The summed E-state index contributed by atoms with van der Waals surface area (Å²) in [5.41, 5.74) is 0. The lowest BCUT2D eigenvalue weighted by Crippen LogP contribution is -2.35. The van der Waals surface area contributed by atoms with E-state index in [0.29, 0.717) is 25.8 Å². The number of halogens is 3. The largest absolute Gasteiger partial charge is 0.469 e. The first-order valence-corrected chi connectivity index (χ1v) is 5.43. The first-order valence-electron chi connectivity index (χ1n) is 4.29. The van der Waals surface area contributed by atoms with Gasteiger partial charge in [0.1, 0.15) is 0 Å². The van der Waals surface area contributed by atoms with Gasteiger partial charge in [0.2, 0.25) is 0 Å². The number of esters is 1. The lowest BCUT2D eigenvalue weighted by Gasteiger charge is -2.10. The van der Waals surface area contributed by atoms with Crippen LogP contribution < -0.4 is 5.32 Å². The fraction of sp³-hybridized carbons (Fsp3) is 0.750. The molecule has 4 nitrogen and oxygen atoms in total. The van der Waals surface area contributed by atoms with E-state index in [1.807, 2.05) is 0 Å². The van der Waals surface area contributed by atoms with Gasteiger partial charge in [-0.05, 0) is 12.8 Å². The van der Waals surface area contributed by atoms with Crippen LogP contribution in [0.3, 0.4) is 0 Å². The van der Waals surface area contributed by atoms with Crippen molar-refractivity contribution < 1.29 is 14.3 Å². The van der Waals surface area contributed by atoms with Crippen LogP contribution in [0.15, 0.2) is 0 Å². The maximum atomic E-state index is 11.0. The Morgan fingerprint density at radius 3 is 2.33 bits per heavy atom. The van der Waals surface area contributed by atoms with E-state index in [9.17, 15) is 9.59 Å². The third-order valence-electron chi connectivity index (χ3n) is 1.58. The van der Waals surface area contributed by atoms with E-state index >= 15 is 0 Å². The summed E-state index contributed by atoms with van der Waals surface area (Å²) in [7, 11) is 1.33. The molecular weight excluding hydrogens is 264 g/mol. The minimum atomic E-state index is -1.93. The molecule has 7 heteroatoms. The fourth-order valence-corrected chi connectivity index (χ4v) is 0.999. The van der Waals surface area contributed by atoms with E-state index < -0.39 is 9.70 Å². The Kier molecular flexibility index (Phi) is 7.05. The van der Waals surface area contributed by atoms with Crippen LogP contribution in [0.2, 0.25) is 0 Å². The number of hydrogen-bond donors (Lipinski definition) is 1. The summed E-state index contributed by atoms with van der Waals surface area (Å²) >= 11 is 15.9. The van der Waals surface area contributed by atoms with Gasteiger partial charge >= 0.3 is 5.97 Å². The summed E-state index contributed by atoms with van der Waals surface area (Å²) in [5.74, 6) is -0.937. The Labute approximate surface area is 103 Å². The molecule has 0 fully saturated rings. The van der Waals surface area contributed by atoms with Crippen LogP contribution in [0.5, 0.6) is 0 Å². The van der Waals surface area contributed by atoms with E-state index in [2.05, 4.69) is 10.1 Å². The van der Waals surface area contributed by atoms with Crippen molar-refractivity contribution in [1.29, 1.82) is 0 Å². The number of rotatable bonds is 5. The number of methoxy groups -OCH3 is 1. The molecule has 0 aliphatic rings. The summed E-state index contributed by atoms with van der Waals surface area (Å²) in [6.45, 7) is 0.365. The molecule has 0 bridgehead atoms. The second kappa shape index (κ2) is 7.14. The molecule has 15 heavy (non-hydrogen) atoms. The number of hydrogen-bond acceptors (Lipinski definition) is 3. The van der Waals surface area contributed by atoms with E-state index in [-0.39, 0.29) is 5.97 Å². The zero-order valence-electron chi connectivity index (χ0n) is 8.19. The zero-order chi connectivity index (χ0) is 11.9. The SMILES string of the molecule is COC(=O)CCCCNC(=O)C(Cl)(Cl)Cl. The molecule has 0 aliphatic carbocycles. The molecule has 0 rings (SSSR count). The maximum absolute atomic E-state index is 11.0. The van der Waals surface area contributed by atoms with Crippen molar-refractivity contribution in [2.24, 2.45) is 0 Å². The van der Waals surface area contributed by atoms with Crippen LogP contribution in [0.4, 0.5) is 0 Å². The summed E-state index contributed by atoms with van der Waals surface area (Å²) in [4.78, 5) is 21.7. The molecule has 0 aromatic rings. The van der Waals surface area contributed by atoms with Crippen LogP contribution in [-0.4, -0.2) is 29.3 Å². The molecule has 0 aromatic carbocycles.